The molecular formula is C28H27N7O. The quantitative estimate of drug-likeness (QED) is 0.310. The number of nitrogens with one attached hydrogen (secondary N) is 2. The van der Waals surface area contributed by atoms with Gasteiger partial charge in [0.05, 0.1) is 0 Å². The van der Waals surface area contributed by atoms with Crippen molar-refractivity contribution in [1.82, 2.24) is 24.6 Å². The highest BCUT2D eigenvalue weighted by molar-refractivity contribution is 6.04. The molecule has 0 fully saturated rings. The first-order chi connectivity index (χ1) is 17.5. The van der Waals surface area contributed by atoms with Gasteiger partial charge in [-0.2, -0.15) is 9.50 Å². The lowest BCUT2D eigenvalue weighted by atomic mass is 10.1. The number of rotatable bonds is 7. The number of carbonyl (C=O) groups excluding carboxylic acids is 1. The standard InChI is InChI=1S/C28H27N7O/c1-4-6-23-16-25(35-28(32-23)33-26(34-35)21-7-5-12-29-17-21)30-22-10-8-20(9-11-22)27(36)31-24-14-18(2)13-19(3)15-24/h5,7-17,30H,4,6H2,1-3H3,(H,31,36). The third-order valence-electron chi connectivity index (χ3n) is 5.69. The molecule has 0 bridgehead atoms. The van der Waals surface area contributed by atoms with E-state index in [2.05, 4.69) is 43.7 Å². The van der Waals surface area contributed by atoms with Crippen LogP contribution in [0, 0.1) is 13.8 Å². The Bertz CT molecular complexity index is 1510. The second-order valence-electron chi connectivity index (χ2n) is 8.80. The first-order valence-corrected chi connectivity index (χ1v) is 11.9. The molecular weight excluding hydrogens is 450 g/mol. The maximum absolute atomic E-state index is 12.8. The molecule has 0 aliphatic rings. The number of nitrogens with zero attached hydrogens (tertiary/aromatic N) is 5. The molecule has 0 saturated heterocycles. The molecule has 0 saturated carbocycles. The highest BCUT2D eigenvalue weighted by Gasteiger charge is 2.14. The Morgan fingerprint density at radius 2 is 1.72 bits per heavy atom. The summed E-state index contributed by atoms with van der Waals surface area (Å²) >= 11 is 0. The van der Waals surface area contributed by atoms with E-state index in [1.165, 1.54) is 0 Å². The molecule has 5 rings (SSSR count). The summed E-state index contributed by atoms with van der Waals surface area (Å²) in [4.78, 5) is 26.2. The van der Waals surface area contributed by atoms with Crippen LogP contribution in [0.15, 0.2) is 73.1 Å². The largest absolute Gasteiger partial charge is 0.340 e. The van der Waals surface area contributed by atoms with Gasteiger partial charge in [0.25, 0.3) is 11.7 Å². The summed E-state index contributed by atoms with van der Waals surface area (Å²) in [7, 11) is 0. The lowest BCUT2D eigenvalue weighted by molar-refractivity contribution is 0.102. The van der Waals surface area contributed by atoms with Crippen molar-refractivity contribution in [3.05, 3.63) is 95.4 Å². The van der Waals surface area contributed by atoms with Crippen LogP contribution in [0.4, 0.5) is 17.2 Å². The van der Waals surface area contributed by atoms with E-state index in [-0.39, 0.29) is 5.91 Å². The second-order valence-corrected chi connectivity index (χ2v) is 8.80. The molecule has 0 aliphatic carbocycles. The first-order valence-electron chi connectivity index (χ1n) is 11.9. The fourth-order valence-electron chi connectivity index (χ4n) is 4.11. The first kappa shape index (κ1) is 23.2. The summed E-state index contributed by atoms with van der Waals surface area (Å²) in [6.07, 6.45) is 5.25. The summed E-state index contributed by atoms with van der Waals surface area (Å²) in [6.45, 7) is 6.14. The van der Waals surface area contributed by atoms with Gasteiger partial charge >= 0.3 is 0 Å². The average Bonchev–Trinajstić information content (AvgIpc) is 3.29. The van der Waals surface area contributed by atoms with Crippen LogP contribution in [0.5, 0.6) is 0 Å². The molecule has 2 N–H and O–H groups in total. The van der Waals surface area contributed by atoms with Crippen LogP contribution in [-0.4, -0.2) is 30.5 Å². The molecule has 3 aromatic heterocycles. The summed E-state index contributed by atoms with van der Waals surface area (Å²) < 4.78 is 1.70. The highest BCUT2D eigenvalue weighted by atomic mass is 16.1. The molecule has 8 nitrogen and oxygen atoms in total. The Kier molecular flexibility index (Phi) is 6.40. The van der Waals surface area contributed by atoms with Crippen molar-refractivity contribution in [2.75, 3.05) is 10.6 Å². The van der Waals surface area contributed by atoms with Crippen molar-refractivity contribution in [3.8, 4) is 11.4 Å². The number of hydrogen-bond donors (Lipinski definition) is 2. The maximum atomic E-state index is 12.8. The minimum Gasteiger partial charge on any atom is -0.340 e. The molecule has 2 aromatic carbocycles. The van der Waals surface area contributed by atoms with Gasteiger partial charge in [-0.25, -0.2) is 4.98 Å². The number of carbonyl (C=O) groups is 1. The van der Waals surface area contributed by atoms with Crippen LogP contribution in [-0.2, 0) is 6.42 Å². The fraction of sp³-hybridized carbons (Fsp3) is 0.179. The van der Waals surface area contributed by atoms with Gasteiger partial charge in [-0.05, 0) is 79.9 Å². The van der Waals surface area contributed by atoms with Gasteiger partial charge in [0.2, 0.25) is 0 Å². The van der Waals surface area contributed by atoms with Gasteiger partial charge in [-0.3, -0.25) is 9.78 Å². The Balaban J connectivity index is 1.40. The Morgan fingerprint density at radius 3 is 2.42 bits per heavy atom. The third kappa shape index (κ3) is 5.07. The zero-order chi connectivity index (χ0) is 25.1. The van der Waals surface area contributed by atoms with Gasteiger partial charge < -0.3 is 10.6 Å². The topological polar surface area (TPSA) is 97.1 Å². The van der Waals surface area contributed by atoms with Gasteiger partial charge in [-0.15, -0.1) is 5.10 Å². The predicted molar refractivity (Wildman–Crippen MR) is 142 cm³/mol. The normalized spacial score (nSPS) is 11.0. The van der Waals surface area contributed by atoms with Gasteiger partial charge in [-0.1, -0.05) is 19.4 Å². The van der Waals surface area contributed by atoms with Crippen molar-refractivity contribution in [2.24, 2.45) is 0 Å². The minimum absolute atomic E-state index is 0.152. The Morgan fingerprint density at radius 1 is 0.944 bits per heavy atom. The summed E-state index contributed by atoms with van der Waals surface area (Å²) in [5.41, 5.74) is 6.16. The second kappa shape index (κ2) is 9.95. The Labute approximate surface area is 209 Å². The summed E-state index contributed by atoms with van der Waals surface area (Å²) in [5.74, 6) is 1.68. The summed E-state index contributed by atoms with van der Waals surface area (Å²) in [5, 5.41) is 11.1. The molecule has 8 heteroatoms. The molecule has 5 aromatic rings. The van der Waals surface area contributed by atoms with E-state index in [0.29, 0.717) is 17.2 Å². The van der Waals surface area contributed by atoms with Crippen molar-refractivity contribution in [2.45, 2.75) is 33.6 Å². The van der Waals surface area contributed by atoms with Crippen molar-refractivity contribution in [3.63, 3.8) is 0 Å². The molecule has 1 amide bonds. The number of anilines is 3. The number of benzene rings is 2. The molecule has 0 atom stereocenters. The van der Waals surface area contributed by atoms with E-state index in [1.54, 1.807) is 29.0 Å². The van der Waals surface area contributed by atoms with Crippen LogP contribution >= 0.6 is 0 Å². The van der Waals surface area contributed by atoms with Gasteiger partial charge in [0.15, 0.2) is 5.82 Å². The SMILES string of the molecule is CCCc1cc(Nc2ccc(C(=O)Nc3cc(C)cc(C)c3)cc2)n2nc(-c3cccnc3)nc2n1. The third-order valence-corrected chi connectivity index (χ3v) is 5.69. The maximum Gasteiger partial charge on any atom is 0.255 e. The van der Waals surface area contributed by atoms with E-state index >= 15 is 0 Å². The smallest absolute Gasteiger partial charge is 0.255 e. The predicted octanol–water partition coefficient (Wildman–Crippen LogP) is 5.75. The van der Waals surface area contributed by atoms with Crippen molar-refractivity contribution >= 4 is 28.9 Å². The van der Waals surface area contributed by atoms with Crippen LogP contribution in [0.25, 0.3) is 17.2 Å². The van der Waals surface area contributed by atoms with E-state index in [1.807, 2.05) is 56.3 Å². The fourth-order valence-corrected chi connectivity index (χ4v) is 4.11. The zero-order valence-electron chi connectivity index (χ0n) is 20.5. The van der Waals surface area contributed by atoms with Gasteiger partial charge in [0.1, 0.15) is 5.82 Å². The lowest BCUT2D eigenvalue weighted by Crippen LogP contribution is -2.12. The van der Waals surface area contributed by atoms with Gasteiger partial charge in [0, 0.05) is 46.7 Å². The van der Waals surface area contributed by atoms with Crippen molar-refractivity contribution < 1.29 is 4.79 Å². The van der Waals surface area contributed by atoms with E-state index in [0.717, 1.165) is 52.4 Å². The van der Waals surface area contributed by atoms with Crippen LogP contribution < -0.4 is 10.6 Å². The molecule has 180 valence electrons. The Hall–Kier alpha value is -4.59. The number of aromatic nitrogens is 5. The number of pyridine rings is 1. The van der Waals surface area contributed by atoms with Crippen LogP contribution in [0.3, 0.4) is 0 Å². The molecule has 0 aliphatic heterocycles. The van der Waals surface area contributed by atoms with Crippen LogP contribution in [0.1, 0.15) is 40.5 Å². The number of hydrogen-bond acceptors (Lipinski definition) is 6. The minimum atomic E-state index is -0.152. The highest BCUT2D eigenvalue weighted by Crippen LogP contribution is 2.22. The van der Waals surface area contributed by atoms with E-state index in [4.69, 9.17) is 0 Å². The average molecular weight is 478 g/mol. The molecule has 0 unspecified atom stereocenters. The molecule has 0 radical (unpaired) electrons. The zero-order valence-corrected chi connectivity index (χ0v) is 20.5. The molecule has 3 heterocycles. The van der Waals surface area contributed by atoms with Crippen molar-refractivity contribution in [1.29, 1.82) is 0 Å². The van der Waals surface area contributed by atoms with E-state index < -0.39 is 0 Å². The number of fused-ring (bicyclic) bond motifs is 1. The number of aryl methyl sites for hydroxylation is 3. The van der Waals surface area contributed by atoms with E-state index in [9.17, 15) is 4.79 Å². The molecule has 36 heavy (non-hydrogen) atoms. The van der Waals surface area contributed by atoms with Crippen LogP contribution in [0.2, 0.25) is 0 Å². The lowest BCUT2D eigenvalue weighted by Gasteiger charge is -2.11. The number of amides is 1. The summed E-state index contributed by atoms with van der Waals surface area (Å²) in [6, 6.07) is 19.1. The molecule has 0 spiro atoms. The monoisotopic (exact) mass is 477 g/mol.